The maximum absolute atomic E-state index is 9.67. The normalized spacial score (nSPS) is 10.6. The van der Waals surface area contributed by atoms with Crippen molar-refractivity contribution >= 4 is 23.4 Å². The van der Waals surface area contributed by atoms with Crippen LogP contribution in [0.3, 0.4) is 0 Å². The summed E-state index contributed by atoms with van der Waals surface area (Å²) in [5.74, 6) is 1.28. The van der Waals surface area contributed by atoms with Crippen LogP contribution in [0.1, 0.15) is 5.56 Å². The summed E-state index contributed by atoms with van der Waals surface area (Å²) in [6.45, 7) is 1.51. The molecule has 0 unspecified atom stereocenters. The SMILES string of the molecule is Oc1ccc(Cl)cc1CNCCSc1ccccc1. The molecule has 0 spiro atoms. The van der Waals surface area contributed by atoms with Crippen LogP contribution in [0, 0.1) is 0 Å². The highest BCUT2D eigenvalue weighted by Gasteiger charge is 2.01. The van der Waals surface area contributed by atoms with E-state index in [1.807, 2.05) is 30.0 Å². The molecule has 0 amide bonds. The number of nitrogens with one attached hydrogen (secondary N) is 1. The minimum Gasteiger partial charge on any atom is -0.508 e. The average molecular weight is 294 g/mol. The Bertz CT molecular complexity index is 519. The van der Waals surface area contributed by atoms with Crippen molar-refractivity contribution in [1.82, 2.24) is 5.32 Å². The fourth-order valence-corrected chi connectivity index (χ4v) is 2.70. The number of hydrogen-bond acceptors (Lipinski definition) is 3. The summed E-state index contributed by atoms with van der Waals surface area (Å²) < 4.78 is 0. The van der Waals surface area contributed by atoms with Crippen molar-refractivity contribution in [3.8, 4) is 5.75 Å². The van der Waals surface area contributed by atoms with Crippen molar-refractivity contribution in [3.05, 3.63) is 59.1 Å². The predicted octanol–water partition coefficient (Wildman–Crippen LogP) is 3.93. The van der Waals surface area contributed by atoms with Crippen LogP contribution in [-0.2, 0) is 6.54 Å². The summed E-state index contributed by atoms with van der Waals surface area (Å²) in [5, 5.41) is 13.6. The van der Waals surface area contributed by atoms with Gasteiger partial charge < -0.3 is 10.4 Å². The lowest BCUT2D eigenvalue weighted by atomic mass is 10.2. The molecular weight excluding hydrogens is 278 g/mol. The van der Waals surface area contributed by atoms with Crippen LogP contribution in [0.4, 0.5) is 0 Å². The van der Waals surface area contributed by atoms with Gasteiger partial charge in [-0.15, -0.1) is 11.8 Å². The van der Waals surface area contributed by atoms with E-state index in [2.05, 4.69) is 17.4 Å². The van der Waals surface area contributed by atoms with Crippen LogP contribution in [0.15, 0.2) is 53.4 Å². The van der Waals surface area contributed by atoms with Gasteiger partial charge in [0.15, 0.2) is 0 Å². The molecule has 0 aliphatic carbocycles. The smallest absolute Gasteiger partial charge is 0.120 e. The number of benzene rings is 2. The second-order valence-electron chi connectivity index (χ2n) is 4.11. The molecule has 4 heteroatoms. The van der Waals surface area contributed by atoms with Crippen molar-refractivity contribution in [3.63, 3.8) is 0 Å². The number of aromatic hydroxyl groups is 1. The lowest BCUT2D eigenvalue weighted by Crippen LogP contribution is -2.16. The summed E-state index contributed by atoms with van der Waals surface area (Å²) in [7, 11) is 0. The molecule has 2 nitrogen and oxygen atoms in total. The Balaban J connectivity index is 1.71. The van der Waals surface area contributed by atoms with Crippen LogP contribution in [0.5, 0.6) is 5.75 Å². The van der Waals surface area contributed by atoms with Gasteiger partial charge in [-0.05, 0) is 30.3 Å². The molecule has 19 heavy (non-hydrogen) atoms. The number of phenolic OH excluding ortho intramolecular Hbond substituents is 1. The summed E-state index contributed by atoms with van der Waals surface area (Å²) in [6.07, 6.45) is 0. The van der Waals surface area contributed by atoms with Gasteiger partial charge in [0.05, 0.1) is 0 Å². The highest BCUT2D eigenvalue weighted by molar-refractivity contribution is 7.99. The first kappa shape index (κ1) is 14.3. The lowest BCUT2D eigenvalue weighted by Gasteiger charge is -2.07. The molecule has 0 fully saturated rings. The third kappa shape index (κ3) is 4.78. The second-order valence-corrected chi connectivity index (χ2v) is 5.72. The van der Waals surface area contributed by atoms with E-state index in [4.69, 9.17) is 11.6 Å². The Kier molecular flexibility index (Phi) is 5.58. The van der Waals surface area contributed by atoms with E-state index in [1.54, 1.807) is 18.2 Å². The number of thioether (sulfide) groups is 1. The Morgan fingerprint density at radius 2 is 1.89 bits per heavy atom. The van der Waals surface area contributed by atoms with Crippen molar-refractivity contribution < 1.29 is 5.11 Å². The highest BCUT2D eigenvalue weighted by Crippen LogP contribution is 2.21. The van der Waals surface area contributed by atoms with Crippen LogP contribution < -0.4 is 5.32 Å². The molecule has 100 valence electrons. The average Bonchev–Trinajstić information content (AvgIpc) is 2.43. The molecule has 0 radical (unpaired) electrons. The monoisotopic (exact) mass is 293 g/mol. The molecule has 0 aliphatic rings. The number of hydrogen-bond donors (Lipinski definition) is 2. The van der Waals surface area contributed by atoms with Crippen LogP contribution >= 0.6 is 23.4 Å². The molecular formula is C15H16ClNOS. The molecule has 0 saturated heterocycles. The van der Waals surface area contributed by atoms with Crippen molar-refractivity contribution in [2.24, 2.45) is 0 Å². The predicted molar refractivity (Wildman–Crippen MR) is 82.0 cm³/mol. The van der Waals surface area contributed by atoms with Crippen molar-refractivity contribution in [2.45, 2.75) is 11.4 Å². The van der Waals surface area contributed by atoms with Gasteiger partial charge in [-0.1, -0.05) is 29.8 Å². The Morgan fingerprint density at radius 3 is 2.68 bits per heavy atom. The van der Waals surface area contributed by atoms with Crippen molar-refractivity contribution in [2.75, 3.05) is 12.3 Å². The van der Waals surface area contributed by atoms with Gasteiger partial charge in [0, 0.05) is 34.3 Å². The Morgan fingerprint density at radius 1 is 1.11 bits per heavy atom. The summed E-state index contributed by atoms with van der Waals surface area (Å²) >= 11 is 7.71. The maximum Gasteiger partial charge on any atom is 0.120 e. The van der Waals surface area contributed by atoms with Crippen LogP contribution in [0.2, 0.25) is 5.02 Å². The van der Waals surface area contributed by atoms with E-state index in [0.29, 0.717) is 11.6 Å². The molecule has 2 rings (SSSR count). The quantitative estimate of drug-likeness (QED) is 0.625. The zero-order valence-electron chi connectivity index (χ0n) is 10.5. The number of rotatable bonds is 6. The molecule has 0 heterocycles. The number of phenols is 1. The summed E-state index contributed by atoms with van der Waals surface area (Å²) in [4.78, 5) is 1.27. The third-order valence-corrected chi connectivity index (χ3v) is 3.90. The first-order valence-electron chi connectivity index (χ1n) is 6.11. The topological polar surface area (TPSA) is 32.3 Å². The Labute approximate surface area is 122 Å². The van der Waals surface area contributed by atoms with Crippen LogP contribution in [0.25, 0.3) is 0 Å². The van der Waals surface area contributed by atoms with Gasteiger partial charge in [0.1, 0.15) is 5.75 Å². The minimum absolute atomic E-state index is 0.285. The standard InChI is InChI=1S/C15H16ClNOS/c16-13-6-7-15(18)12(10-13)11-17-8-9-19-14-4-2-1-3-5-14/h1-7,10,17-18H,8-9,11H2. The lowest BCUT2D eigenvalue weighted by molar-refractivity contribution is 0.465. The van der Waals surface area contributed by atoms with Crippen LogP contribution in [-0.4, -0.2) is 17.4 Å². The van der Waals surface area contributed by atoms with E-state index >= 15 is 0 Å². The van der Waals surface area contributed by atoms with E-state index in [1.165, 1.54) is 4.90 Å². The molecule has 0 bridgehead atoms. The van der Waals surface area contributed by atoms with Crippen molar-refractivity contribution in [1.29, 1.82) is 0 Å². The molecule has 2 aromatic carbocycles. The summed E-state index contributed by atoms with van der Waals surface area (Å²) in [6, 6.07) is 15.4. The van der Waals surface area contributed by atoms with Gasteiger partial charge in [-0.2, -0.15) is 0 Å². The Hall–Kier alpha value is -1.16. The van der Waals surface area contributed by atoms with E-state index < -0.39 is 0 Å². The molecule has 2 N–H and O–H groups in total. The van der Waals surface area contributed by atoms with Gasteiger partial charge in [-0.3, -0.25) is 0 Å². The molecule has 0 aliphatic heterocycles. The largest absolute Gasteiger partial charge is 0.508 e. The third-order valence-electron chi connectivity index (χ3n) is 2.65. The van der Waals surface area contributed by atoms with E-state index in [9.17, 15) is 5.11 Å². The maximum atomic E-state index is 9.67. The zero-order valence-corrected chi connectivity index (χ0v) is 12.0. The number of halogens is 1. The zero-order chi connectivity index (χ0) is 13.5. The molecule has 0 atom stereocenters. The van der Waals surface area contributed by atoms with Gasteiger partial charge in [-0.25, -0.2) is 0 Å². The molecule has 0 saturated carbocycles. The van der Waals surface area contributed by atoms with Gasteiger partial charge >= 0.3 is 0 Å². The second kappa shape index (κ2) is 7.43. The molecule has 0 aromatic heterocycles. The minimum atomic E-state index is 0.285. The summed E-state index contributed by atoms with van der Waals surface area (Å²) in [5.41, 5.74) is 0.831. The fraction of sp³-hybridized carbons (Fsp3) is 0.200. The first-order valence-corrected chi connectivity index (χ1v) is 7.48. The van der Waals surface area contributed by atoms with E-state index in [0.717, 1.165) is 17.9 Å². The van der Waals surface area contributed by atoms with Gasteiger partial charge in [0.25, 0.3) is 0 Å². The fourth-order valence-electron chi connectivity index (χ4n) is 1.68. The molecule has 2 aromatic rings. The van der Waals surface area contributed by atoms with E-state index in [-0.39, 0.29) is 5.75 Å². The van der Waals surface area contributed by atoms with Gasteiger partial charge in [0.2, 0.25) is 0 Å². The first-order chi connectivity index (χ1) is 9.25. The highest BCUT2D eigenvalue weighted by atomic mass is 35.5.